The molecule has 2 nitrogen and oxygen atoms in total. The number of hydrogen-bond acceptors (Lipinski definition) is 0. The summed E-state index contributed by atoms with van der Waals surface area (Å²) in [5.74, 6) is -0.157. The molecule has 92 valence electrons. The van der Waals surface area contributed by atoms with Gasteiger partial charge in [0, 0.05) is 11.6 Å². The Balaban J connectivity index is 0.00000120. The molecule has 2 aromatic heterocycles. The maximum absolute atomic E-state index is 13.6. The first kappa shape index (κ1) is 12.6. The van der Waals surface area contributed by atoms with E-state index in [1.54, 1.807) is 6.07 Å². The van der Waals surface area contributed by atoms with Crippen LogP contribution in [0.3, 0.4) is 0 Å². The largest absolute Gasteiger partial charge is 1.00 e. The minimum Gasteiger partial charge on any atom is -1.00 e. The number of fused-ring (bicyclic) bond motifs is 1. The Kier molecular flexibility index (Phi) is 3.63. The van der Waals surface area contributed by atoms with Crippen LogP contribution in [-0.4, -0.2) is 4.57 Å². The topological polar surface area (TPSA) is 9.03 Å². The number of benzene rings is 1. The Morgan fingerprint density at radius 3 is 2.61 bits per heavy atom. The third kappa shape index (κ3) is 2.22. The monoisotopic (exact) mass is 262 g/mol. The molecule has 1 aromatic carbocycles. The average molecular weight is 263 g/mol. The summed E-state index contributed by atoms with van der Waals surface area (Å²) in [6.45, 7) is 0.549. The molecule has 0 spiro atoms. The Bertz CT molecular complexity index is 663. The molecule has 0 atom stereocenters. The summed E-state index contributed by atoms with van der Waals surface area (Å²) in [6.07, 6.45) is 5.91. The fourth-order valence-corrected chi connectivity index (χ4v) is 1.99. The fourth-order valence-electron chi connectivity index (χ4n) is 1.99. The van der Waals surface area contributed by atoms with E-state index in [2.05, 4.69) is 0 Å². The molecule has 0 amide bonds. The summed E-state index contributed by atoms with van der Waals surface area (Å²) in [5.41, 5.74) is 1.75. The highest BCUT2D eigenvalue weighted by molar-refractivity contribution is 5.31. The van der Waals surface area contributed by atoms with E-state index in [-0.39, 0.29) is 18.2 Å². The summed E-state index contributed by atoms with van der Waals surface area (Å²) in [4.78, 5) is 0. The zero-order valence-electron chi connectivity index (χ0n) is 9.63. The van der Waals surface area contributed by atoms with E-state index in [1.165, 1.54) is 6.07 Å². The maximum atomic E-state index is 13.6. The highest BCUT2D eigenvalue weighted by atomic mass is 35.5. The van der Waals surface area contributed by atoms with Gasteiger partial charge >= 0.3 is 0 Å². The lowest BCUT2D eigenvalue weighted by Gasteiger charge is -2.00. The third-order valence-electron chi connectivity index (χ3n) is 2.87. The van der Waals surface area contributed by atoms with Gasteiger partial charge in [0.15, 0.2) is 0 Å². The van der Waals surface area contributed by atoms with Crippen LogP contribution in [0.2, 0.25) is 0 Å². The number of pyridine rings is 1. The molecule has 0 aliphatic rings. The predicted molar refractivity (Wildman–Crippen MR) is 63.1 cm³/mol. The zero-order chi connectivity index (χ0) is 11.7. The number of hydrogen-bond donors (Lipinski definition) is 0. The van der Waals surface area contributed by atoms with E-state index in [0.717, 1.165) is 5.65 Å². The minimum atomic E-state index is -0.157. The maximum Gasteiger partial charge on any atom is 0.286 e. The van der Waals surface area contributed by atoms with Gasteiger partial charge in [0.25, 0.3) is 5.65 Å². The summed E-state index contributed by atoms with van der Waals surface area (Å²) in [7, 11) is 0. The van der Waals surface area contributed by atoms with Crippen LogP contribution in [0.4, 0.5) is 4.39 Å². The Hall–Kier alpha value is -1.87. The number of rotatable bonds is 2. The van der Waals surface area contributed by atoms with Crippen molar-refractivity contribution in [3.63, 3.8) is 0 Å². The summed E-state index contributed by atoms with van der Waals surface area (Å²) >= 11 is 0. The summed E-state index contributed by atoms with van der Waals surface area (Å²) in [5, 5.41) is 0. The van der Waals surface area contributed by atoms with Crippen LogP contribution in [0.1, 0.15) is 5.56 Å². The molecule has 0 N–H and O–H groups in total. The summed E-state index contributed by atoms with van der Waals surface area (Å²) < 4.78 is 17.6. The highest BCUT2D eigenvalue weighted by Gasteiger charge is 2.10. The van der Waals surface area contributed by atoms with E-state index >= 15 is 0 Å². The van der Waals surface area contributed by atoms with Gasteiger partial charge in [0.1, 0.15) is 24.8 Å². The lowest BCUT2D eigenvalue weighted by molar-refractivity contribution is -0.510. The predicted octanol–water partition coefficient (Wildman–Crippen LogP) is -0.582. The normalized spacial score (nSPS) is 10.3. The minimum absolute atomic E-state index is 0. The van der Waals surface area contributed by atoms with Gasteiger partial charge in [-0.2, -0.15) is 0 Å². The molecule has 0 saturated heterocycles. The van der Waals surface area contributed by atoms with Gasteiger partial charge in [-0.25, -0.2) is 13.4 Å². The fraction of sp³-hybridized carbons (Fsp3) is 0.0714. The summed E-state index contributed by atoms with van der Waals surface area (Å²) in [6, 6.07) is 12.8. The highest BCUT2D eigenvalue weighted by Crippen LogP contribution is 2.09. The van der Waals surface area contributed by atoms with Crippen LogP contribution < -0.4 is 16.8 Å². The lowest BCUT2D eigenvalue weighted by Crippen LogP contribution is -3.00. The van der Waals surface area contributed by atoms with Gasteiger partial charge in [0.2, 0.25) is 0 Å². The average Bonchev–Trinajstić information content (AvgIpc) is 2.76. The molecule has 3 aromatic rings. The Labute approximate surface area is 111 Å². The molecule has 0 unspecified atom stereocenters. The molecule has 2 heterocycles. The van der Waals surface area contributed by atoms with Gasteiger partial charge in [0.05, 0.1) is 6.20 Å². The second-order valence-corrected chi connectivity index (χ2v) is 3.98. The smallest absolute Gasteiger partial charge is 0.286 e. The first-order valence-electron chi connectivity index (χ1n) is 5.53. The molecular formula is C14H12ClFN2. The first-order chi connectivity index (χ1) is 8.34. The van der Waals surface area contributed by atoms with E-state index in [4.69, 9.17) is 0 Å². The van der Waals surface area contributed by atoms with Crippen molar-refractivity contribution < 1.29 is 21.2 Å². The molecule has 0 fully saturated rings. The first-order valence-corrected chi connectivity index (χ1v) is 5.53. The second kappa shape index (κ2) is 5.19. The molecular weight excluding hydrogens is 251 g/mol. The van der Waals surface area contributed by atoms with Crippen LogP contribution in [-0.2, 0) is 6.54 Å². The van der Waals surface area contributed by atoms with Crippen molar-refractivity contribution in [1.82, 2.24) is 4.57 Å². The number of halogens is 2. The molecule has 0 radical (unpaired) electrons. The van der Waals surface area contributed by atoms with E-state index in [0.29, 0.717) is 12.1 Å². The van der Waals surface area contributed by atoms with Gasteiger partial charge in [-0.05, 0) is 12.1 Å². The van der Waals surface area contributed by atoms with Gasteiger partial charge in [-0.1, -0.05) is 24.3 Å². The van der Waals surface area contributed by atoms with Crippen LogP contribution in [0.15, 0.2) is 61.1 Å². The molecule has 0 aliphatic carbocycles. The van der Waals surface area contributed by atoms with Gasteiger partial charge in [-0.3, -0.25) is 0 Å². The van der Waals surface area contributed by atoms with Crippen molar-refractivity contribution >= 4 is 5.65 Å². The Morgan fingerprint density at radius 1 is 1.00 bits per heavy atom. The molecule has 0 bridgehead atoms. The quantitative estimate of drug-likeness (QED) is 0.547. The third-order valence-corrected chi connectivity index (χ3v) is 2.87. The zero-order valence-corrected chi connectivity index (χ0v) is 10.4. The van der Waals surface area contributed by atoms with Crippen molar-refractivity contribution in [3.8, 4) is 0 Å². The second-order valence-electron chi connectivity index (χ2n) is 3.98. The van der Waals surface area contributed by atoms with E-state index in [9.17, 15) is 4.39 Å². The van der Waals surface area contributed by atoms with Crippen LogP contribution >= 0.6 is 0 Å². The van der Waals surface area contributed by atoms with Crippen molar-refractivity contribution in [3.05, 3.63) is 72.4 Å². The molecule has 18 heavy (non-hydrogen) atoms. The SMILES string of the molecule is Fc1ccccc1Cn1cc[n+]2ccccc12.[Cl-]. The van der Waals surface area contributed by atoms with E-state index < -0.39 is 0 Å². The molecule has 3 rings (SSSR count). The standard InChI is InChI=1S/C14H12FN2.ClH/c15-13-6-2-1-5-12(13)11-17-10-9-16-8-4-3-7-14(16)17;/h1-10H,11H2;1H/q+1;/p-1. The van der Waals surface area contributed by atoms with Crippen molar-refractivity contribution in [1.29, 1.82) is 0 Å². The number of imidazole rings is 1. The Morgan fingerprint density at radius 2 is 1.78 bits per heavy atom. The van der Waals surface area contributed by atoms with Crippen molar-refractivity contribution in [2.24, 2.45) is 0 Å². The van der Waals surface area contributed by atoms with Crippen LogP contribution in [0.25, 0.3) is 5.65 Å². The molecule has 0 aliphatic heterocycles. The van der Waals surface area contributed by atoms with Crippen molar-refractivity contribution in [2.45, 2.75) is 6.54 Å². The number of aromatic nitrogens is 2. The van der Waals surface area contributed by atoms with Crippen LogP contribution in [0.5, 0.6) is 0 Å². The number of nitrogens with zero attached hydrogens (tertiary/aromatic N) is 2. The van der Waals surface area contributed by atoms with Gasteiger partial charge in [-0.15, -0.1) is 0 Å². The molecule has 4 heteroatoms. The van der Waals surface area contributed by atoms with Gasteiger partial charge < -0.3 is 12.4 Å². The molecule has 0 saturated carbocycles. The van der Waals surface area contributed by atoms with Crippen molar-refractivity contribution in [2.75, 3.05) is 0 Å². The van der Waals surface area contributed by atoms with Crippen LogP contribution in [0, 0.1) is 5.82 Å². The lowest BCUT2D eigenvalue weighted by atomic mass is 10.2. The van der Waals surface area contributed by atoms with E-state index in [1.807, 2.05) is 57.9 Å².